The van der Waals surface area contributed by atoms with Crippen LogP contribution in [0, 0.1) is 6.92 Å². The van der Waals surface area contributed by atoms with Crippen molar-refractivity contribution >= 4 is 46.7 Å². The van der Waals surface area contributed by atoms with Crippen molar-refractivity contribution in [2.75, 3.05) is 0 Å². The fraction of sp³-hybridized carbons (Fsp3) is 0.350. The van der Waals surface area contributed by atoms with E-state index in [2.05, 4.69) is 55.9 Å². The second-order valence-corrected chi connectivity index (χ2v) is 10.5. The maximum absolute atomic E-state index is 12.6. The minimum atomic E-state index is -0.966. The van der Waals surface area contributed by atoms with E-state index in [1.165, 1.54) is 0 Å². The highest BCUT2D eigenvalue weighted by atomic mass is 79.9. The van der Waals surface area contributed by atoms with Crippen molar-refractivity contribution in [3.63, 3.8) is 0 Å². The lowest BCUT2D eigenvalue weighted by atomic mass is 9.83. The largest absolute Gasteiger partial charge is 0.542 e. The van der Waals surface area contributed by atoms with Gasteiger partial charge < -0.3 is 8.84 Å². The van der Waals surface area contributed by atoms with Crippen LogP contribution in [0.1, 0.15) is 31.9 Å². The second kappa shape index (κ2) is 6.29. The summed E-state index contributed by atoms with van der Waals surface area (Å²) in [6.07, 6.45) is 0. The molecule has 0 amide bonds. The van der Waals surface area contributed by atoms with Gasteiger partial charge >= 0.3 is 5.63 Å². The molecule has 1 radical (unpaired) electrons. The number of hydrogen-bond donors (Lipinski definition) is 0. The lowest BCUT2D eigenvalue weighted by molar-refractivity contribution is 0.542. The molecule has 0 spiro atoms. The van der Waals surface area contributed by atoms with E-state index in [4.69, 9.17) is 8.84 Å². The highest BCUT2D eigenvalue weighted by Crippen LogP contribution is 2.40. The van der Waals surface area contributed by atoms with Gasteiger partial charge in [0, 0.05) is 9.86 Å². The van der Waals surface area contributed by atoms with Crippen LogP contribution in [0.4, 0.5) is 0 Å². The average Bonchev–Trinajstić information content (AvgIpc) is 2.49. The maximum atomic E-state index is 12.6. The summed E-state index contributed by atoms with van der Waals surface area (Å²) >= 11 is 3.43. The lowest BCUT2D eigenvalue weighted by Crippen LogP contribution is -2.17. The number of halogens is 1. The normalized spacial score (nSPS) is 12.3. The molecular formula is C20H22BrO3Si. The molecule has 5 heteroatoms. The predicted molar refractivity (Wildman–Crippen MR) is 109 cm³/mol. The Morgan fingerprint density at radius 1 is 1.12 bits per heavy atom. The summed E-state index contributed by atoms with van der Waals surface area (Å²) < 4.78 is 12.9. The Bertz CT molecular complexity index is 1030. The minimum absolute atomic E-state index is 0.0714. The zero-order valence-electron chi connectivity index (χ0n) is 15.4. The Hall–Kier alpha value is -1.59. The van der Waals surface area contributed by atoms with Gasteiger partial charge in [0.2, 0.25) is 0 Å². The fourth-order valence-electron chi connectivity index (χ4n) is 3.25. The van der Waals surface area contributed by atoms with E-state index in [9.17, 15) is 4.79 Å². The molecule has 0 aliphatic rings. The molecule has 2 aromatic carbocycles. The summed E-state index contributed by atoms with van der Waals surface area (Å²) in [5.41, 5.74) is 2.38. The van der Waals surface area contributed by atoms with Crippen LogP contribution in [0.2, 0.25) is 13.1 Å². The third kappa shape index (κ3) is 3.27. The molecule has 0 unspecified atom stereocenters. The van der Waals surface area contributed by atoms with Gasteiger partial charge in [-0.1, -0.05) is 42.8 Å². The number of fused-ring (bicyclic) bond motifs is 3. The molecule has 0 bridgehead atoms. The third-order valence-corrected chi connectivity index (χ3v) is 5.40. The topological polar surface area (TPSA) is 39.4 Å². The van der Waals surface area contributed by atoms with Crippen LogP contribution in [0.5, 0.6) is 5.75 Å². The van der Waals surface area contributed by atoms with Crippen LogP contribution < -0.4 is 10.1 Å². The second-order valence-electron chi connectivity index (χ2n) is 7.59. The Morgan fingerprint density at radius 2 is 1.80 bits per heavy atom. The molecular weight excluding hydrogens is 396 g/mol. The smallest absolute Gasteiger partial charge is 0.344 e. The lowest BCUT2D eigenvalue weighted by Gasteiger charge is -2.25. The van der Waals surface area contributed by atoms with Gasteiger partial charge in [0.25, 0.3) is 9.04 Å². The Labute approximate surface area is 157 Å². The average molecular weight is 418 g/mol. The van der Waals surface area contributed by atoms with Crippen LogP contribution in [0.15, 0.2) is 37.9 Å². The van der Waals surface area contributed by atoms with Crippen molar-refractivity contribution in [2.45, 2.75) is 46.2 Å². The highest BCUT2D eigenvalue weighted by molar-refractivity contribution is 9.10. The van der Waals surface area contributed by atoms with E-state index in [1.807, 2.05) is 19.1 Å². The summed E-state index contributed by atoms with van der Waals surface area (Å²) in [4.78, 5) is 12.6. The molecule has 0 saturated carbocycles. The quantitative estimate of drug-likeness (QED) is 0.294. The SMILES string of the molecule is Cc1c(C(C)(C)C)cc(O[Si](C)C)c2c1oc(=O)c1cc(Br)ccc12. The first-order valence-electron chi connectivity index (χ1n) is 8.27. The van der Waals surface area contributed by atoms with E-state index in [0.717, 1.165) is 32.1 Å². The van der Waals surface area contributed by atoms with E-state index >= 15 is 0 Å². The Kier molecular flexibility index (Phi) is 4.58. The molecule has 131 valence electrons. The zero-order valence-corrected chi connectivity index (χ0v) is 18.0. The highest BCUT2D eigenvalue weighted by Gasteiger charge is 2.24. The molecule has 0 atom stereocenters. The van der Waals surface area contributed by atoms with Gasteiger partial charge in [0.15, 0.2) is 0 Å². The minimum Gasteiger partial charge on any atom is -0.542 e. The summed E-state index contributed by atoms with van der Waals surface area (Å²) in [5, 5.41) is 2.32. The van der Waals surface area contributed by atoms with Crippen molar-refractivity contribution < 1.29 is 8.84 Å². The monoisotopic (exact) mass is 417 g/mol. The van der Waals surface area contributed by atoms with Gasteiger partial charge in [0.05, 0.1) is 10.8 Å². The molecule has 25 heavy (non-hydrogen) atoms. The van der Waals surface area contributed by atoms with E-state index < -0.39 is 9.04 Å². The number of benzene rings is 2. The number of aryl methyl sites for hydroxylation is 1. The molecule has 0 aliphatic heterocycles. The van der Waals surface area contributed by atoms with Gasteiger partial charge in [-0.25, -0.2) is 4.79 Å². The van der Waals surface area contributed by atoms with E-state index in [-0.39, 0.29) is 11.0 Å². The summed E-state index contributed by atoms with van der Waals surface area (Å²) in [6.45, 7) is 12.7. The van der Waals surface area contributed by atoms with Crippen molar-refractivity contribution in [3.05, 3.63) is 50.3 Å². The van der Waals surface area contributed by atoms with E-state index in [0.29, 0.717) is 11.0 Å². The zero-order chi connectivity index (χ0) is 18.5. The van der Waals surface area contributed by atoms with Crippen molar-refractivity contribution in [1.29, 1.82) is 0 Å². The molecule has 3 aromatic rings. The van der Waals surface area contributed by atoms with Gasteiger partial charge in [-0.05, 0) is 54.8 Å². The summed E-state index contributed by atoms with van der Waals surface area (Å²) in [7, 11) is -0.966. The molecule has 3 rings (SSSR count). The van der Waals surface area contributed by atoms with Crippen molar-refractivity contribution in [2.24, 2.45) is 0 Å². The number of rotatable bonds is 2. The van der Waals surface area contributed by atoms with E-state index in [1.54, 1.807) is 6.07 Å². The van der Waals surface area contributed by atoms with Gasteiger partial charge in [-0.15, -0.1) is 0 Å². The Morgan fingerprint density at radius 3 is 2.40 bits per heavy atom. The molecule has 1 heterocycles. The predicted octanol–water partition coefficient (Wildman–Crippen LogP) is 5.94. The molecule has 1 aromatic heterocycles. The molecule has 3 nitrogen and oxygen atoms in total. The van der Waals surface area contributed by atoms with Crippen LogP contribution >= 0.6 is 15.9 Å². The number of hydrogen-bond acceptors (Lipinski definition) is 3. The third-order valence-electron chi connectivity index (χ3n) is 4.28. The first kappa shape index (κ1) is 18.2. The van der Waals surface area contributed by atoms with Gasteiger partial charge in [-0.2, -0.15) is 0 Å². The molecule has 0 fully saturated rings. The van der Waals surface area contributed by atoms with Crippen molar-refractivity contribution in [1.82, 2.24) is 0 Å². The standard InChI is InChI=1S/C20H22BrO3Si/c1-11-15(20(2,3)4)10-16(24-25(5)6)17-13-8-7-12(21)9-14(13)19(22)23-18(11)17/h7-10H,1-6H3. The van der Waals surface area contributed by atoms with Gasteiger partial charge in [-0.3, -0.25) is 0 Å². The first-order chi connectivity index (χ1) is 11.6. The molecule has 0 N–H and O–H groups in total. The Balaban J connectivity index is 2.55. The van der Waals surface area contributed by atoms with Crippen LogP contribution in [0.25, 0.3) is 21.7 Å². The first-order valence-corrected chi connectivity index (χ1v) is 11.5. The maximum Gasteiger partial charge on any atom is 0.344 e. The summed E-state index contributed by atoms with van der Waals surface area (Å²) in [6, 6.07) is 7.83. The fourth-order valence-corrected chi connectivity index (χ4v) is 4.21. The molecule has 0 saturated heterocycles. The van der Waals surface area contributed by atoms with Gasteiger partial charge in [0.1, 0.15) is 11.3 Å². The van der Waals surface area contributed by atoms with Crippen LogP contribution in [-0.4, -0.2) is 9.04 Å². The summed E-state index contributed by atoms with van der Waals surface area (Å²) in [5.74, 6) is 0.806. The van der Waals surface area contributed by atoms with Crippen LogP contribution in [0.3, 0.4) is 0 Å². The van der Waals surface area contributed by atoms with Crippen LogP contribution in [-0.2, 0) is 5.41 Å². The molecule has 0 aliphatic carbocycles. The van der Waals surface area contributed by atoms with Crippen molar-refractivity contribution in [3.8, 4) is 5.75 Å².